The number of rotatable bonds is 4. The van der Waals surface area contributed by atoms with Crippen molar-refractivity contribution in [2.24, 2.45) is 0 Å². The van der Waals surface area contributed by atoms with Crippen molar-refractivity contribution in [2.45, 2.75) is 37.6 Å². The van der Waals surface area contributed by atoms with Crippen LogP contribution in [0.15, 0.2) is 35.6 Å². The summed E-state index contributed by atoms with van der Waals surface area (Å²) in [5.74, 6) is 0.531. The monoisotopic (exact) mass is 382 g/mol. The summed E-state index contributed by atoms with van der Waals surface area (Å²) in [6.45, 7) is 3.77. The summed E-state index contributed by atoms with van der Waals surface area (Å²) >= 11 is 1.41. The molecule has 0 bridgehead atoms. The number of aryl methyl sites for hydroxylation is 1. The Bertz CT molecular complexity index is 931. The lowest BCUT2D eigenvalue weighted by molar-refractivity contribution is -0.128. The van der Waals surface area contributed by atoms with Gasteiger partial charge in [0.05, 0.1) is 11.4 Å². The number of carbonyl (C=O) groups is 1. The van der Waals surface area contributed by atoms with Crippen molar-refractivity contribution in [2.75, 3.05) is 18.8 Å². The van der Waals surface area contributed by atoms with Crippen molar-refractivity contribution in [3.63, 3.8) is 0 Å². The van der Waals surface area contributed by atoms with E-state index in [4.69, 9.17) is 0 Å². The zero-order valence-corrected chi connectivity index (χ0v) is 16.2. The van der Waals surface area contributed by atoms with E-state index in [0.29, 0.717) is 21.9 Å². The fraction of sp³-hybridized carbons (Fsp3) is 0.421. The van der Waals surface area contributed by atoms with Gasteiger partial charge >= 0.3 is 0 Å². The molecule has 1 aliphatic heterocycles. The lowest BCUT2D eigenvalue weighted by atomic mass is 10.2. The van der Waals surface area contributed by atoms with Crippen LogP contribution in [0.25, 0.3) is 16.9 Å². The van der Waals surface area contributed by atoms with Crippen LogP contribution in [0, 0.1) is 6.92 Å². The van der Waals surface area contributed by atoms with E-state index in [0.717, 1.165) is 31.6 Å². The van der Waals surface area contributed by atoms with Crippen LogP contribution in [0.1, 0.15) is 31.2 Å². The Morgan fingerprint density at radius 3 is 2.56 bits per heavy atom. The molecular weight excluding hydrogens is 360 g/mol. The van der Waals surface area contributed by atoms with E-state index >= 15 is 0 Å². The molecule has 8 heteroatoms. The van der Waals surface area contributed by atoms with Crippen molar-refractivity contribution < 1.29 is 4.79 Å². The molecule has 4 rings (SSSR count). The quantitative estimate of drug-likeness (QED) is 0.510. The number of fused-ring (bicyclic) bond motifs is 1. The highest BCUT2D eigenvalue weighted by molar-refractivity contribution is 8.00. The fourth-order valence-electron chi connectivity index (χ4n) is 3.24. The number of hydrogen-bond donors (Lipinski definition) is 0. The van der Waals surface area contributed by atoms with E-state index in [2.05, 4.69) is 20.3 Å². The molecule has 0 spiro atoms. The first-order valence-electron chi connectivity index (χ1n) is 9.26. The van der Waals surface area contributed by atoms with Gasteiger partial charge in [0.15, 0.2) is 11.2 Å². The van der Waals surface area contributed by atoms with Crippen LogP contribution in [-0.2, 0) is 4.79 Å². The van der Waals surface area contributed by atoms with Crippen molar-refractivity contribution in [1.29, 1.82) is 0 Å². The number of nitrogens with zero attached hydrogens (tertiary/aromatic N) is 6. The van der Waals surface area contributed by atoms with Crippen LogP contribution in [0.2, 0.25) is 0 Å². The van der Waals surface area contributed by atoms with Gasteiger partial charge in [-0.15, -0.1) is 5.10 Å². The maximum absolute atomic E-state index is 12.5. The van der Waals surface area contributed by atoms with Gasteiger partial charge in [-0.05, 0) is 31.9 Å². The summed E-state index contributed by atoms with van der Waals surface area (Å²) in [5, 5.41) is 9.20. The largest absolute Gasteiger partial charge is 0.342 e. The second-order valence-electron chi connectivity index (χ2n) is 6.77. The predicted molar refractivity (Wildman–Crippen MR) is 105 cm³/mol. The van der Waals surface area contributed by atoms with Gasteiger partial charge in [-0.25, -0.2) is 9.97 Å². The molecule has 1 saturated heterocycles. The smallest absolute Gasteiger partial charge is 0.232 e. The van der Waals surface area contributed by atoms with E-state index in [-0.39, 0.29) is 5.91 Å². The van der Waals surface area contributed by atoms with E-state index in [1.807, 2.05) is 36.1 Å². The molecule has 140 valence electrons. The van der Waals surface area contributed by atoms with Crippen molar-refractivity contribution in [1.82, 2.24) is 29.9 Å². The van der Waals surface area contributed by atoms with Gasteiger partial charge in [-0.3, -0.25) is 4.79 Å². The standard InChI is InChI=1S/C19H22N6OS/c1-14-6-8-15(9-7-14)25-18-17(22-23-25)19(21-13-20-18)27-12-16(26)24-10-4-2-3-5-11-24/h6-9,13H,2-5,10-12H2,1H3. The molecule has 0 atom stereocenters. The highest BCUT2D eigenvalue weighted by atomic mass is 32.2. The molecule has 2 aromatic heterocycles. The van der Waals surface area contributed by atoms with Gasteiger partial charge in [0.1, 0.15) is 11.4 Å². The van der Waals surface area contributed by atoms with Gasteiger partial charge in [-0.2, -0.15) is 4.68 Å². The van der Waals surface area contributed by atoms with Gasteiger partial charge < -0.3 is 4.90 Å². The lowest BCUT2D eigenvalue weighted by Gasteiger charge is -2.19. The molecule has 0 N–H and O–H groups in total. The molecule has 7 nitrogen and oxygen atoms in total. The number of benzene rings is 1. The maximum atomic E-state index is 12.5. The Morgan fingerprint density at radius 1 is 1.07 bits per heavy atom. The lowest BCUT2D eigenvalue weighted by Crippen LogP contribution is -2.33. The third-order valence-electron chi connectivity index (χ3n) is 4.77. The molecule has 0 aliphatic carbocycles. The number of amides is 1. The summed E-state index contributed by atoms with van der Waals surface area (Å²) in [6, 6.07) is 8.03. The highest BCUT2D eigenvalue weighted by Gasteiger charge is 2.18. The second kappa shape index (κ2) is 8.04. The number of likely N-dealkylation sites (tertiary alicyclic amines) is 1. The van der Waals surface area contributed by atoms with E-state index < -0.39 is 0 Å². The number of thioether (sulfide) groups is 1. The van der Waals surface area contributed by atoms with Crippen molar-refractivity contribution in [3.8, 4) is 5.69 Å². The van der Waals surface area contributed by atoms with Gasteiger partial charge in [0, 0.05) is 13.1 Å². The minimum absolute atomic E-state index is 0.166. The molecule has 1 fully saturated rings. The Labute approximate surface area is 162 Å². The predicted octanol–water partition coefficient (Wildman–Crippen LogP) is 3.01. The Morgan fingerprint density at radius 2 is 1.81 bits per heavy atom. The molecule has 1 aromatic carbocycles. The normalized spacial score (nSPS) is 15.1. The Kier molecular flexibility index (Phi) is 5.33. The first-order valence-corrected chi connectivity index (χ1v) is 10.2. The number of carbonyl (C=O) groups excluding carboxylic acids is 1. The van der Waals surface area contributed by atoms with E-state index in [1.165, 1.54) is 36.5 Å². The third-order valence-corrected chi connectivity index (χ3v) is 5.74. The molecule has 0 saturated carbocycles. The number of aromatic nitrogens is 5. The molecule has 1 amide bonds. The first-order chi connectivity index (χ1) is 13.2. The third kappa shape index (κ3) is 3.95. The summed E-state index contributed by atoms with van der Waals surface area (Å²) in [6.07, 6.45) is 6.13. The molecule has 3 aromatic rings. The molecule has 0 unspecified atom stereocenters. The fourth-order valence-corrected chi connectivity index (χ4v) is 4.07. The van der Waals surface area contributed by atoms with E-state index in [9.17, 15) is 4.79 Å². The summed E-state index contributed by atoms with van der Waals surface area (Å²) in [4.78, 5) is 23.2. The van der Waals surface area contributed by atoms with Gasteiger partial charge in [0.25, 0.3) is 0 Å². The summed E-state index contributed by atoms with van der Waals surface area (Å²) < 4.78 is 1.71. The maximum Gasteiger partial charge on any atom is 0.232 e. The van der Waals surface area contributed by atoms with Crippen LogP contribution >= 0.6 is 11.8 Å². The summed E-state index contributed by atoms with van der Waals surface area (Å²) in [7, 11) is 0. The first kappa shape index (κ1) is 17.9. The Balaban J connectivity index is 1.52. The van der Waals surface area contributed by atoms with Crippen LogP contribution in [0.5, 0.6) is 0 Å². The molecular formula is C19H22N6OS. The SMILES string of the molecule is Cc1ccc(-n2nnc3c(SCC(=O)N4CCCCCC4)ncnc32)cc1. The highest BCUT2D eigenvalue weighted by Crippen LogP contribution is 2.24. The van der Waals surface area contributed by atoms with Crippen molar-refractivity contribution >= 4 is 28.8 Å². The molecule has 1 aliphatic rings. The van der Waals surface area contributed by atoms with E-state index in [1.54, 1.807) is 4.68 Å². The average Bonchev–Trinajstić information content (AvgIpc) is 2.94. The molecule has 27 heavy (non-hydrogen) atoms. The van der Waals surface area contributed by atoms with Crippen LogP contribution < -0.4 is 0 Å². The zero-order chi connectivity index (χ0) is 18.6. The van der Waals surface area contributed by atoms with Crippen LogP contribution in [0.3, 0.4) is 0 Å². The van der Waals surface area contributed by atoms with Crippen molar-refractivity contribution in [3.05, 3.63) is 36.2 Å². The zero-order valence-electron chi connectivity index (χ0n) is 15.3. The molecule has 0 radical (unpaired) electrons. The molecule has 3 heterocycles. The van der Waals surface area contributed by atoms with Crippen LogP contribution in [-0.4, -0.2) is 54.6 Å². The minimum atomic E-state index is 0.166. The van der Waals surface area contributed by atoms with Crippen LogP contribution in [0.4, 0.5) is 0 Å². The Hall–Kier alpha value is -2.48. The minimum Gasteiger partial charge on any atom is -0.342 e. The number of hydrogen-bond acceptors (Lipinski definition) is 6. The second-order valence-corrected chi connectivity index (χ2v) is 7.74. The topological polar surface area (TPSA) is 76.8 Å². The summed E-state index contributed by atoms with van der Waals surface area (Å²) in [5.41, 5.74) is 3.37. The average molecular weight is 382 g/mol. The van der Waals surface area contributed by atoms with Gasteiger partial charge in [0.2, 0.25) is 5.91 Å². The van der Waals surface area contributed by atoms with Gasteiger partial charge in [-0.1, -0.05) is 47.5 Å².